The van der Waals surface area contributed by atoms with Crippen LogP contribution in [0.25, 0.3) is 11.4 Å². The van der Waals surface area contributed by atoms with Crippen LogP contribution in [0.4, 0.5) is 0 Å². The summed E-state index contributed by atoms with van der Waals surface area (Å²) in [5.41, 5.74) is 7.69. The van der Waals surface area contributed by atoms with Gasteiger partial charge in [-0.3, -0.25) is 0 Å². The van der Waals surface area contributed by atoms with Crippen molar-refractivity contribution in [2.45, 2.75) is 32.7 Å². The topological polar surface area (TPSA) is 77.0 Å². The predicted octanol–water partition coefficient (Wildman–Crippen LogP) is 3.22. The number of nitrogens with zero attached hydrogens (tertiary/aromatic N) is 2. The molecule has 0 amide bonds. The third-order valence-corrected chi connectivity index (χ3v) is 4.60. The SMILES string of the molecule is CC(Cc1nc(-c2ccc(CN)cc2)no1)C1CCNCC1.Cl.Cl. The fourth-order valence-corrected chi connectivity index (χ4v) is 3.10. The first-order valence-corrected chi connectivity index (χ1v) is 8.09. The Bertz CT molecular complexity index is 597. The average Bonchev–Trinajstić information content (AvgIpc) is 3.04. The van der Waals surface area contributed by atoms with E-state index in [0.717, 1.165) is 42.4 Å². The monoisotopic (exact) mass is 372 g/mol. The standard InChI is InChI=1S/C17H24N4O.2ClH/c1-12(14-6-8-19-9-7-14)10-16-20-17(21-22-16)15-4-2-13(11-18)3-5-15;;/h2-5,12,14,19H,6-11,18H2,1H3;2*1H. The molecule has 0 bridgehead atoms. The minimum absolute atomic E-state index is 0. The molecule has 1 fully saturated rings. The van der Waals surface area contributed by atoms with E-state index in [2.05, 4.69) is 22.4 Å². The molecule has 1 unspecified atom stereocenters. The zero-order chi connectivity index (χ0) is 15.4. The Morgan fingerprint density at radius 1 is 1.21 bits per heavy atom. The molecule has 7 heteroatoms. The summed E-state index contributed by atoms with van der Waals surface area (Å²) in [7, 11) is 0. The molecule has 0 radical (unpaired) electrons. The molecule has 5 nitrogen and oxygen atoms in total. The number of aromatic nitrogens is 2. The van der Waals surface area contributed by atoms with Gasteiger partial charge in [0.25, 0.3) is 0 Å². The molecule has 2 heterocycles. The van der Waals surface area contributed by atoms with Gasteiger partial charge in [-0.1, -0.05) is 36.3 Å². The minimum atomic E-state index is 0. The fraction of sp³-hybridized carbons (Fsp3) is 0.529. The lowest BCUT2D eigenvalue weighted by Crippen LogP contribution is -2.31. The number of nitrogens with one attached hydrogen (secondary N) is 1. The minimum Gasteiger partial charge on any atom is -0.339 e. The summed E-state index contributed by atoms with van der Waals surface area (Å²) in [6.45, 7) is 5.08. The van der Waals surface area contributed by atoms with E-state index in [4.69, 9.17) is 10.3 Å². The number of benzene rings is 1. The van der Waals surface area contributed by atoms with Gasteiger partial charge in [0.05, 0.1) is 0 Å². The lowest BCUT2D eigenvalue weighted by molar-refractivity contribution is 0.253. The molecule has 1 saturated heterocycles. The number of rotatable bonds is 5. The van der Waals surface area contributed by atoms with Crippen molar-refractivity contribution in [3.63, 3.8) is 0 Å². The normalized spacial score (nSPS) is 16.1. The summed E-state index contributed by atoms with van der Waals surface area (Å²) in [6, 6.07) is 7.99. The van der Waals surface area contributed by atoms with E-state index in [0.29, 0.717) is 18.3 Å². The highest BCUT2D eigenvalue weighted by Gasteiger charge is 2.22. The first kappa shape index (κ1) is 20.9. The average molecular weight is 373 g/mol. The highest BCUT2D eigenvalue weighted by molar-refractivity contribution is 5.85. The second-order valence-corrected chi connectivity index (χ2v) is 6.18. The Hall–Kier alpha value is -1.14. The van der Waals surface area contributed by atoms with Crippen LogP contribution < -0.4 is 11.1 Å². The van der Waals surface area contributed by atoms with Crippen molar-refractivity contribution >= 4 is 24.8 Å². The van der Waals surface area contributed by atoms with Gasteiger partial charge in [0.2, 0.25) is 11.7 Å². The second-order valence-electron chi connectivity index (χ2n) is 6.18. The van der Waals surface area contributed by atoms with E-state index >= 15 is 0 Å². The maximum atomic E-state index is 5.61. The van der Waals surface area contributed by atoms with Crippen LogP contribution in [0.15, 0.2) is 28.8 Å². The van der Waals surface area contributed by atoms with Crippen LogP contribution in [-0.2, 0) is 13.0 Å². The third kappa shape index (κ3) is 5.18. The molecular formula is C17H26Cl2N4O. The van der Waals surface area contributed by atoms with Crippen LogP contribution in [-0.4, -0.2) is 23.2 Å². The van der Waals surface area contributed by atoms with Crippen LogP contribution in [0.3, 0.4) is 0 Å². The predicted molar refractivity (Wildman–Crippen MR) is 101 cm³/mol. The first-order valence-electron chi connectivity index (χ1n) is 8.09. The van der Waals surface area contributed by atoms with E-state index in [1.807, 2.05) is 24.3 Å². The molecule has 1 aliphatic heterocycles. The van der Waals surface area contributed by atoms with E-state index in [9.17, 15) is 0 Å². The maximum absolute atomic E-state index is 5.61. The molecular weight excluding hydrogens is 347 g/mol. The Balaban J connectivity index is 0.00000144. The molecule has 1 aromatic heterocycles. The number of piperidine rings is 1. The van der Waals surface area contributed by atoms with Crippen molar-refractivity contribution in [2.24, 2.45) is 17.6 Å². The van der Waals surface area contributed by atoms with Crippen LogP contribution >= 0.6 is 24.8 Å². The molecule has 1 atom stereocenters. The maximum Gasteiger partial charge on any atom is 0.227 e. The molecule has 24 heavy (non-hydrogen) atoms. The summed E-state index contributed by atoms with van der Waals surface area (Å²) in [4.78, 5) is 4.55. The van der Waals surface area contributed by atoms with Gasteiger partial charge in [-0.2, -0.15) is 4.98 Å². The van der Waals surface area contributed by atoms with E-state index < -0.39 is 0 Å². The molecule has 2 aromatic rings. The van der Waals surface area contributed by atoms with E-state index in [1.165, 1.54) is 12.8 Å². The number of hydrogen-bond donors (Lipinski definition) is 2. The van der Waals surface area contributed by atoms with Gasteiger partial charge < -0.3 is 15.6 Å². The van der Waals surface area contributed by atoms with Crippen molar-refractivity contribution in [1.82, 2.24) is 15.5 Å². The van der Waals surface area contributed by atoms with E-state index in [-0.39, 0.29) is 24.8 Å². The smallest absolute Gasteiger partial charge is 0.227 e. The zero-order valence-electron chi connectivity index (χ0n) is 13.9. The number of nitrogens with two attached hydrogens (primary N) is 1. The van der Waals surface area contributed by atoms with Gasteiger partial charge in [0, 0.05) is 18.5 Å². The second kappa shape index (κ2) is 9.99. The van der Waals surface area contributed by atoms with Gasteiger partial charge in [-0.05, 0) is 43.3 Å². The molecule has 1 aliphatic rings. The first-order chi connectivity index (χ1) is 10.8. The molecule has 0 spiro atoms. The third-order valence-electron chi connectivity index (χ3n) is 4.60. The van der Waals surface area contributed by atoms with Crippen LogP contribution in [0, 0.1) is 11.8 Å². The lowest BCUT2D eigenvalue weighted by Gasteiger charge is -2.27. The van der Waals surface area contributed by atoms with Gasteiger partial charge in [-0.15, -0.1) is 24.8 Å². The number of halogens is 2. The molecule has 0 aliphatic carbocycles. The summed E-state index contributed by atoms with van der Waals surface area (Å²) in [5, 5.41) is 7.52. The lowest BCUT2D eigenvalue weighted by atomic mass is 9.84. The van der Waals surface area contributed by atoms with Gasteiger partial charge in [0.1, 0.15) is 0 Å². The summed E-state index contributed by atoms with van der Waals surface area (Å²) in [5.74, 6) is 2.73. The molecule has 3 N–H and O–H groups in total. The summed E-state index contributed by atoms with van der Waals surface area (Å²) < 4.78 is 5.44. The Morgan fingerprint density at radius 3 is 2.50 bits per heavy atom. The van der Waals surface area contributed by atoms with Crippen molar-refractivity contribution in [2.75, 3.05) is 13.1 Å². The Kier molecular flexibility index (Phi) is 8.70. The molecule has 3 rings (SSSR count). The van der Waals surface area contributed by atoms with Gasteiger partial charge in [0.15, 0.2) is 0 Å². The Labute approximate surface area is 155 Å². The van der Waals surface area contributed by atoms with Crippen molar-refractivity contribution in [1.29, 1.82) is 0 Å². The highest BCUT2D eigenvalue weighted by atomic mass is 35.5. The fourth-order valence-electron chi connectivity index (χ4n) is 3.10. The zero-order valence-corrected chi connectivity index (χ0v) is 15.5. The molecule has 1 aromatic carbocycles. The quantitative estimate of drug-likeness (QED) is 0.842. The summed E-state index contributed by atoms with van der Waals surface area (Å²) >= 11 is 0. The molecule has 0 saturated carbocycles. The van der Waals surface area contributed by atoms with E-state index in [1.54, 1.807) is 0 Å². The largest absolute Gasteiger partial charge is 0.339 e. The van der Waals surface area contributed by atoms with Crippen LogP contribution in [0.5, 0.6) is 0 Å². The van der Waals surface area contributed by atoms with Crippen molar-refractivity contribution in [3.05, 3.63) is 35.7 Å². The van der Waals surface area contributed by atoms with Gasteiger partial charge >= 0.3 is 0 Å². The number of hydrogen-bond acceptors (Lipinski definition) is 5. The summed E-state index contributed by atoms with van der Waals surface area (Å²) in [6.07, 6.45) is 3.34. The van der Waals surface area contributed by atoms with Crippen LogP contribution in [0.2, 0.25) is 0 Å². The van der Waals surface area contributed by atoms with Crippen molar-refractivity contribution < 1.29 is 4.52 Å². The highest BCUT2D eigenvalue weighted by Crippen LogP contribution is 2.25. The Morgan fingerprint density at radius 2 is 1.88 bits per heavy atom. The van der Waals surface area contributed by atoms with Crippen molar-refractivity contribution in [3.8, 4) is 11.4 Å². The molecule has 134 valence electrons. The van der Waals surface area contributed by atoms with Crippen LogP contribution in [0.1, 0.15) is 31.2 Å². The van der Waals surface area contributed by atoms with Gasteiger partial charge in [-0.25, -0.2) is 0 Å².